The van der Waals surface area contributed by atoms with E-state index < -0.39 is 0 Å². The Hall–Kier alpha value is -1.65. The summed E-state index contributed by atoms with van der Waals surface area (Å²) in [5, 5.41) is 1.08. The highest BCUT2D eigenvalue weighted by Gasteiger charge is 2.15. The molecule has 0 bridgehead atoms. The van der Waals surface area contributed by atoms with Crippen molar-refractivity contribution >= 4 is 11.0 Å². The second-order valence-electron chi connectivity index (χ2n) is 6.15. The van der Waals surface area contributed by atoms with Gasteiger partial charge >= 0.3 is 5.63 Å². The maximum absolute atomic E-state index is 11.8. The first kappa shape index (κ1) is 15.3. The summed E-state index contributed by atoms with van der Waals surface area (Å²) in [7, 11) is 3.79. The van der Waals surface area contributed by atoms with Crippen LogP contribution in [-0.2, 0) is 24.1 Å². The average Bonchev–Trinajstić information content (AvgIpc) is 2.92. The Bertz CT molecular complexity index is 720. The van der Waals surface area contributed by atoms with Gasteiger partial charge in [0, 0.05) is 38.3 Å². The lowest BCUT2D eigenvalue weighted by molar-refractivity contribution is 0.178. The third-order valence-electron chi connectivity index (χ3n) is 4.37. The normalized spacial score (nSPS) is 14.0. The molecule has 3 rings (SSSR count). The van der Waals surface area contributed by atoms with Gasteiger partial charge in [-0.3, -0.25) is 0 Å². The molecule has 0 aliphatic heterocycles. The van der Waals surface area contributed by atoms with E-state index in [1.807, 2.05) is 0 Å². The fourth-order valence-electron chi connectivity index (χ4n) is 3.27. The number of aryl methyl sites for hydroxylation is 2. The van der Waals surface area contributed by atoms with Crippen molar-refractivity contribution in [2.75, 3.05) is 27.3 Å². The van der Waals surface area contributed by atoms with E-state index in [1.165, 1.54) is 17.5 Å². The van der Waals surface area contributed by atoms with Crippen LogP contribution in [0.4, 0.5) is 0 Å². The molecular formula is C18H23NO3. The topological polar surface area (TPSA) is 42.7 Å². The molecule has 0 saturated heterocycles. The van der Waals surface area contributed by atoms with Gasteiger partial charge in [0.15, 0.2) is 0 Å². The molecule has 118 valence electrons. The molecule has 22 heavy (non-hydrogen) atoms. The first-order chi connectivity index (χ1) is 10.7. The van der Waals surface area contributed by atoms with Crippen LogP contribution in [0.25, 0.3) is 11.0 Å². The summed E-state index contributed by atoms with van der Waals surface area (Å²) in [5.41, 5.74) is 4.27. The van der Waals surface area contributed by atoms with Crippen LogP contribution in [-0.4, -0.2) is 32.2 Å². The fourth-order valence-corrected chi connectivity index (χ4v) is 3.27. The summed E-state index contributed by atoms with van der Waals surface area (Å²) in [6, 6.07) is 5.92. The van der Waals surface area contributed by atoms with Crippen molar-refractivity contribution in [1.82, 2.24) is 4.90 Å². The maximum atomic E-state index is 11.8. The number of hydrogen-bond acceptors (Lipinski definition) is 4. The summed E-state index contributed by atoms with van der Waals surface area (Å²) < 4.78 is 10.5. The van der Waals surface area contributed by atoms with E-state index >= 15 is 0 Å². The molecule has 0 atom stereocenters. The van der Waals surface area contributed by atoms with Gasteiger partial charge < -0.3 is 14.1 Å². The molecule has 0 spiro atoms. The monoisotopic (exact) mass is 301 g/mol. The third-order valence-corrected chi connectivity index (χ3v) is 4.37. The Balaban J connectivity index is 1.89. The molecule has 0 unspecified atom stereocenters. The highest BCUT2D eigenvalue weighted by Crippen LogP contribution is 2.28. The predicted octanol–water partition coefficient (Wildman–Crippen LogP) is 2.75. The molecule has 1 aromatic carbocycles. The van der Waals surface area contributed by atoms with E-state index in [-0.39, 0.29) is 5.63 Å². The van der Waals surface area contributed by atoms with Crippen molar-refractivity contribution in [2.24, 2.45) is 0 Å². The molecule has 1 aliphatic carbocycles. The van der Waals surface area contributed by atoms with E-state index in [2.05, 4.69) is 24.1 Å². The molecule has 0 saturated carbocycles. The Morgan fingerprint density at radius 2 is 2.00 bits per heavy atom. The number of methoxy groups -OCH3 is 1. The molecule has 0 radical (unpaired) electrons. The minimum atomic E-state index is -0.259. The lowest BCUT2D eigenvalue weighted by Crippen LogP contribution is -2.21. The second-order valence-corrected chi connectivity index (χ2v) is 6.15. The van der Waals surface area contributed by atoms with Crippen LogP contribution in [0, 0.1) is 0 Å². The first-order valence-electron chi connectivity index (χ1n) is 7.93. The highest BCUT2D eigenvalue weighted by molar-refractivity contribution is 5.82. The van der Waals surface area contributed by atoms with Crippen LogP contribution in [0.5, 0.6) is 0 Å². The van der Waals surface area contributed by atoms with Crippen molar-refractivity contribution in [3.8, 4) is 0 Å². The van der Waals surface area contributed by atoms with Gasteiger partial charge in [-0.1, -0.05) is 0 Å². The zero-order valence-electron chi connectivity index (χ0n) is 13.4. The SMILES string of the molecule is COCCCN(C)Cc1cc(=O)oc2cc3c(cc12)CCC3. The van der Waals surface area contributed by atoms with Crippen molar-refractivity contribution in [1.29, 1.82) is 0 Å². The van der Waals surface area contributed by atoms with Gasteiger partial charge in [0.1, 0.15) is 5.58 Å². The largest absolute Gasteiger partial charge is 0.423 e. The summed E-state index contributed by atoms with van der Waals surface area (Å²) in [5.74, 6) is 0. The third kappa shape index (κ3) is 3.23. The van der Waals surface area contributed by atoms with Gasteiger partial charge in [0.2, 0.25) is 0 Å². The van der Waals surface area contributed by atoms with E-state index in [9.17, 15) is 4.79 Å². The molecule has 4 heteroatoms. The lowest BCUT2D eigenvalue weighted by Gasteiger charge is -2.17. The van der Waals surface area contributed by atoms with E-state index in [4.69, 9.17) is 9.15 Å². The van der Waals surface area contributed by atoms with Crippen LogP contribution in [0.2, 0.25) is 0 Å². The summed E-state index contributed by atoms with van der Waals surface area (Å²) >= 11 is 0. The first-order valence-corrected chi connectivity index (χ1v) is 7.93. The Morgan fingerprint density at radius 1 is 1.23 bits per heavy atom. The van der Waals surface area contributed by atoms with Crippen LogP contribution in [0.1, 0.15) is 29.5 Å². The summed E-state index contributed by atoms with van der Waals surface area (Å²) in [4.78, 5) is 14.1. The quantitative estimate of drug-likeness (QED) is 0.608. The van der Waals surface area contributed by atoms with Crippen LogP contribution in [0.3, 0.4) is 0 Å². The number of fused-ring (bicyclic) bond motifs is 2. The molecule has 0 fully saturated rings. The molecule has 2 aromatic rings. The van der Waals surface area contributed by atoms with Crippen molar-refractivity contribution in [2.45, 2.75) is 32.2 Å². The minimum Gasteiger partial charge on any atom is -0.423 e. The maximum Gasteiger partial charge on any atom is 0.336 e. The van der Waals surface area contributed by atoms with Gasteiger partial charge in [0.05, 0.1) is 0 Å². The molecule has 1 aromatic heterocycles. The summed E-state index contributed by atoms with van der Waals surface area (Å²) in [6.07, 6.45) is 4.41. The van der Waals surface area contributed by atoms with Crippen molar-refractivity contribution < 1.29 is 9.15 Å². The number of nitrogens with zero attached hydrogens (tertiary/aromatic N) is 1. The second kappa shape index (κ2) is 6.63. The highest BCUT2D eigenvalue weighted by atomic mass is 16.5. The minimum absolute atomic E-state index is 0.259. The molecule has 4 nitrogen and oxygen atoms in total. The van der Waals surface area contributed by atoms with Crippen molar-refractivity contribution in [3.63, 3.8) is 0 Å². The molecule has 0 amide bonds. The van der Waals surface area contributed by atoms with Gasteiger partial charge in [-0.15, -0.1) is 0 Å². The zero-order valence-corrected chi connectivity index (χ0v) is 13.4. The molecule has 1 aliphatic rings. The molecular weight excluding hydrogens is 278 g/mol. The van der Waals surface area contributed by atoms with Gasteiger partial charge in [-0.25, -0.2) is 4.79 Å². The van der Waals surface area contributed by atoms with Gasteiger partial charge in [-0.2, -0.15) is 0 Å². The number of benzene rings is 1. The predicted molar refractivity (Wildman–Crippen MR) is 87.3 cm³/mol. The standard InChI is InChI=1S/C18H23NO3/c1-19(7-4-8-21-2)12-15-11-18(20)22-17-10-14-6-3-5-13(14)9-16(15)17/h9-11H,3-8,12H2,1-2H3. The van der Waals surface area contributed by atoms with Crippen LogP contribution >= 0.6 is 0 Å². The van der Waals surface area contributed by atoms with E-state index in [0.717, 1.165) is 55.5 Å². The van der Waals surface area contributed by atoms with Crippen molar-refractivity contribution in [3.05, 3.63) is 45.3 Å². The number of hydrogen-bond donors (Lipinski definition) is 0. The lowest BCUT2D eigenvalue weighted by atomic mass is 10.0. The fraction of sp³-hybridized carbons (Fsp3) is 0.500. The van der Waals surface area contributed by atoms with Gasteiger partial charge in [-0.05, 0) is 61.6 Å². The van der Waals surface area contributed by atoms with E-state index in [1.54, 1.807) is 13.2 Å². The van der Waals surface area contributed by atoms with E-state index in [0.29, 0.717) is 0 Å². The average molecular weight is 301 g/mol. The molecule has 0 N–H and O–H groups in total. The Morgan fingerprint density at radius 3 is 2.77 bits per heavy atom. The Labute approximate surface area is 130 Å². The zero-order chi connectivity index (χ0) is 15.5. The Kier molecular flexibility index (Phi) is 4.60. The van der Waals surface area contributed by atoms with Gasteiger partial charge in [0.25, 0.3) is 0 Å². The number of rotatable bonds is 6. The van der Waals surface area contributed by atoms with Crippen LogP contribution < -0.4 is 5.63 Å². The number of ether oxygens (including phenoxy) is 1. The van der Waals surface area contributed by atoms with Crippen LogP contribution in [0.15, 0.2) is 27.4 Å². The molecule has 1 heterocycles. The smallest absolute Gasteiger partial charge is 0.336 e. The summed E-state index contributed by atoms with van der Waals surface area (Å²) in [6.45, 7) is 2.46.